The first-order chi connectivity index (χ1) is 13.9. The molecule has 0 spiro atoms. The van der Waals surface area contributed by atoms with E-state index in [1.807, 2.05) is 6.07 Å². The van der Waals surface area contributed by atoms with E-state index >= 15 is 0 Å². The summed E-state index contributed by atoms with van der Waals surface area (Å²) in [6.45, 7) is 9.26. The smallest absolute Gasteiger partial charge is 0.243 e. The minimum atomic E-state index is -3.61. The second-order valence-corrected chi connectivity index (χ2v) is 11.8. The molecule has 0 radical (unpaired) electrons. The van der Waals surface area contributed by atoms with Crippen molar-refractivity contribution in [3.63, 3.8) is 0 Å². The Morgan fingerprint density at radius 2 is 1.63 bits per heavy atom. The molecule has 164 valence electrons. The molecule has 0 saturated carbocycles. The highest BCUT2D eigenvalue weighted by Crippen LogP contribution is 2.30. The number of hydrogen-bond donors (Lipinski definition) is 2. The summed E-state index contributed by atoms with van der Waals surface area (Å²) in [7, 11) is -3.61. The van der Waals surface area contributed by atoms with Gasteiger partial charge in [-0.05, 0) is 77.6 Å². The van der Waals surface area contributed by atoms with E-state index in [2.05, 4.69) is 38.3 Å². The molecule has 0 aromatic heterocycles. The molecule has 1 aromatic carbocycles. The molecular weight excluding hydrogens is 400 g/mol. The Bertz CT molecular complexity index is 908. The molecule has 3 rings (SSSR count). The fraction of sp³-hybridized carbons (Fsp3) is 0.636. The van der Waals surface area contributed by atoms with Crippen molar-refractivity contribution in [1.29, 1.82) is 5.26 Å². The van der Waals surface area contributed by atoms with Crippen molar-refractivity contribution < 1.29 is 13.2 Å². The lowest BCUT2D eigenvalue weighted by molar-refractivity contribution is -0.127. The number of hydrogen-bond acceptors (Lipinski definition) is 5. The third-order valence-corrected chi connectivity index (χ3v) is 7.90. The molecular formula is C22H32N4O3S. The first-order valence-electron chi connectivity index (χ1n) is 10.5. The number of carbonyl (C=O) groups excluding carboxylic acids is 1. The van der Waals surface area contributed by atoms with Gasteiger partial charge in [-0.1, -0.05) is 0 Å². The molecule has 2 N–H and O–H groups in total. The average molecular weight is 433 g/mol. The van der Waals surface area contributed by atoms with Crippen LogP contribution in [0.15, 0.2) is 29.2 Å². The van der Waals surface area contributed by atoms with Crippen LogP contribution in [0.25, 0.3) is 0 Å². The van der Waals surface area contributed by atoms with Crippen LogP contribution in [0.1, 0.15) is 58.9 Å². The summed E-state index contributed by atoms with van der Waals surface area (Å²) in [5, 5.41) is 15.7. The zero-order chi connectivity index (χ0) is 22.2. The van der Waals surface area contributed by atoms with E-state index in [-0.39, 0.29) is 33.8 Å². The molecule has 30 heavy (non-hydrogen) atoms. The molecule has 0 bridgehead atoms. The molecule has 0 aliphatic carbocycles. The van der Waals surface area contributed by atoms with E-state index in [1.54, 1.807) is 0 Å². The van der Waals surface area contributed by atoms with Crippen molar-refractivity contribution in [2.75, 3.05) is 13.1 Å². The Morgan fingerprint density at radius 1 is 1.10 bits per heavy atom. The van der Waals surface area contributed by atoms with Gasteiger partial charge >= 0.3 is 0 Å². The summed E-state index contributed by atoms with van der Waals surface area (Å²) in [4.78, 5) is 13.0. The normalized spacial score (nSPS) is 22.9. The van der Waals surface area contributed by atoms with Crippen LogP contribution >= 0.6 is 0 Å². The van der Waals surface area contributed by atoms with Gasteiger partial charge in [0.05, 0.1) is 16.5 Å². The molecule has 1 aromatic rings. The van der Waals surface area contributed by atoms with Gasteiger partial charge in [0.15, 0.2) is 0 Å². The molecule has 8 heteroatoms. The van der Waals surface area contributed by atoms with Gasteiger partial charge in [0.2, 0.25) is 15.9 Å². The number of sulfonamides is 1. The molecule has 7 nitrogen and oxygen atoms in total. The number of nitriles is 1. The van der Waals surface area contributed by atoms with Gasteiger partial charge < -0.3 is 10.6 Å². The van der Waals surface area contributed by atoms with Crippen LogP contribution < -0.4 is 10.6 Å². The molecule has 0 unspecified atom stereocenters. The maximum Gasteiger partial charge on any atom is 0.243 e. The molecule has 2 fully saturated rings. The van der Waals surface area contributed by atoms with E-state index < -0.39 is 10.0 Å². The van der Waals surface area contributed by atoms with Crippen LogP contribution in [0, 0.1) is 17.2 Å². The van der Waals surface area contributed by atoms with Gasteiger partial charge in [0, 0.05) is 36.1 Å². The molecule has 1 amide bonds. The topological polar surface area (TPSA) is 102 Å². The monoisotopic (exact) mass is 432 g/mol. The van der Waals surface area contributed by atoms with Crippen LogP contribution in [-0.2, 0) is 14.8 Å². The van der Waals surface area contributed by atoms with Crippen molar-refractivity contribution in [3.05, 3.63) is 29.8 Å². The van der Waals surface area contributed by atoms with Crippen molar-refractivity contribution >= 4 is 15.9 Å². The highest BCUT2D eigenvalue weighted by atomic mass is 32.2. The average Bonchev–Trinajstić information content (AvgIpc) is 2.65. The van der Waals surface area contributed by atoms with Crippen molar-refractivity contribution in [2.24, 2.45) is 5.92 Å². The van der Waals surface area contributed by atoms with Crippen LogP contribution in [0.3, 0.4) is 0 Å². The number of nitrogens with one attached hydrogen (secondary N) is 2. The number of piperidine rings is 2. The lowest BCUT2D eigenvalue weighted by atomic mass is 9.79. The number of amides is 1. The fourth-order valence-electron chi connectivity index (χ4n) is 4.95. The van der Waals surface area contributed by atoms with Crippen LogP contribution in [0.2, 0.25) is 0 Å². The number of rotatable bonds is 4. The van der Waals surface area contributed by atoms with Crippen LogP contribution in [0.4, 0.5) is 0 Å². The van der Waals surface area contributed by atoms with E-state index in [9.17, 15) is 13.2 Å². The van der Waals surface area contributed by atoms with E-state index in [1.165, 1.54) is 28.6 Å². The fourth-order valence-corrected chi connectivity index (χ4v) is 6.42. The van der Waals surface area contributed by atoms with Gasteiger partial charge in [-0.25, -0.2) is 8.42 Å². The second-order valence-electron chi connectivity index (χ2n) is 9.82. The summed E-state index contributed by atoms with van der Waals surface area (Å²) in [5.41, 5.74) is 0.338. The van der Waals surface area contributed by atoms with E-state index in [4.69, 9.17) is 5.26 Å². The number of nitrogens with zero attached hydrogens (tertiary/aromatic N) is 2. The highest BCUT2D eigenvalue weighted by molar-refractivity contribution is 7.89. The summed E-state index contributed by atoms with van der Waals surface area (Å²) in [5.74, 6) is -0.137. The SMILES string of the molecule is CC1(C)CC(NC(=O)C2CCN(S(=O)(=O)c3ccc(C#N)cc3)CC2)CC(C)(C)N1. The van der Waals surface area contributed by atoms with Crippen molar-refractivity contribution in [2.45, 2.75) is 75.4 Å². The summed E-state index contributed by atoms with van der Waals surface area (Å²) in [6, 6.07) is 8.05. The molecule has 2 saturated heterocycles. The van der Waals surface area contributed by atoms with Gasteiger partial charge in [0.25, 0.3) is 0 Å². The first kappa shape index (κ1) is 22.7. The van der Waals surface area contributed by atoms with Gasteiger partial charge in [-0.2, -0.15) is 9.57 Å². The minimum Gasteiger partial charge on any atom is -0.353 e. The predicted octanol–water partition coefficient (Wildman–Crippen LogP) is 2.38. The Kier molecular flexibility index (Phi) is 6.28. The predicted molar refractivity (Wildman–Crippen MR) is 115 cm³/mol. The lowest BCUT2D eigenvalue weighted by Crippen LogP contribution is -2.62. The minimum absolute atomic E-state index is 0.0314. The van der Waals surface area contributed by atoms with Gasteiger partial charge in [-0.15, -0.1) is 0 Å². The largest absolute Gasteiger partial charge is 0.353 e. The van der Waals surface area contributed by atoms with Crippen LogP contribution in [0.5, 0.6) is 0 Å². The summed E-state index contributed by atoms with van der Waals surface area (Å²) < 4.78 is 27.2. The lowest BCUT2D eigenvalue weighted by Gasteiger charge is -2.47. The number of benzene rings is 1. The van der Waals surface area contributed by atoms with E-state index in [0.29, 0.717) is 31.5 Å². The zero-order valence-corrected chi connectivity index (χ0v) is 19.1. The van der Waals surface area contributed by atoms with Crippen molar-refractivity contribution in [3.8, 4) is 6.07 Å². The standard InChI is InChI=1S/C22H32N4O3S/c1-21(2)13-18(14-22(3,4)25-21)24-20(27)17-9-11-26(12-10-17)30(28,29)19-7-5-16(15-23)6-8-19/h5-8,17-18,25H,9-14H2,1-4H3,(H,24,27). The Morgan fingerprint density at radius 3 is 2.13 bits per heavy atom. The van der Waals surface area contributed by atoms with Crippen LogP contribution in [-0.4, -0.2) is 48.8 Å². The summed E-state index contributed by atoms with van der Waals surface area (Å²) >= 11 is 0. The maximum absolute atomic E-state index is 12.9. The summed E-state index contributed by atoms with van der Waals surface area (Å²) in [6.07, 6.45) is 2.76. The molecule has 2 heterocycles. The molecule has 2 aliphatic heterocycles. The zero-order valence-electron chi connectivity index (χ0n) is 18.2. The number of carbonyl (C=O) groups is 1. The highest BCUT2D eigenvalue weighted by Gasteiger charge is 2.39. The quantitative estimate of drug-likeness (QED) is 0.761. The first-order valence-corrected chi connectivity index (χ1v) is 12.0. The maximum atomic E-state index is 12.9. The van der Waals surface area contributed by atoms with Crippen molar-refractivity contribution in [1.82, 2.24) is 14.9 Å². The van der Waals surface area contributed by atoms with Gasteiger partial charge in [0.1, 0.15) is 0 Å². The molecule has 2 aliphatic rings. The Balaban J connectivity index is 1.58. The third-order valence-electron chi connectivity index (χ3n) is 5.98. The van der Waals surface area contributed by atoms with E-state index in [0.717, 1.165) is 12.8 Å². The van der Waals surface area contributed by atoms with Gasteiger partial charge in [-0.3, -0.25) is 4.79 Å². The molecule has 0 atom stereocenters. The second kappa shape index (κ2) is 8.29. The Labute approximate surface area is 179 Å². The Hall–Kier alpha value is -1.95. The third kappa shape index (κ3) is 5.20.